The normalized spacial score (nSPS) is 19.4. The molecular weight excluding hydrogens is 412 g/mol. The number of carbonyl (C=O) groups excluding carboxylic acids is 1. The van der Waals surface area contributed by atoms with E-state index >= 15 is 0 Å². The largest absolute Gasteiger partial charge is 0.369 e. The molecule has 2 aromatic rings. The third kappa shape index (κ3) is 3.77. The van der Waals surface area contributed by atoms with Gasteiger partial charge >= 0.3 is 0 Å². The van der Waals surface area contributed by atoms with Crippen molar-refractivity contribution in [1.82, 2.24) is 9.88 Å². The summed E-state index contributed by atoms with van der Waals surface area (Å²) >= 11 is 0. The summed E-state index contributed by atoms with van der Waals surface area (Å²) < 4.78 is 25.1. The third-order valence-electron chi connectivity index (χ3n) is 6.83. The van der Waals surface area contributed by atoms with Gasteiger partial charge in [0.2, 0.25) is 10.0 Å². The quantitative estimate of drug-likeness (QED) is 0.672. The van der Waals surface area contributed by atoms with Gasteiger partial charge in [-0.1, -0.05) is 44.2 Å². The Labute approximate surface area is 185 Å². The number of sulfonamides is 1. The fourth-order valence-corrected chi connectivity index (χ4v) is 7.22. The molecule has 0 amide bonds. The van der Waals surface area contributed by atoms with Crippen LogP contribution in [0.5, 0.6) is 0 Å². The first-order valence-electron chi connectivity index (χ1n) is 10.7. The van der Waals surface area contributed by atoms with Crippen LogP contribution in [0.1, 0.15) is 39.2 Å². The lowest BCUT2D eigenvalue weighted by atomic mass is 9.70. The number of anilines is 1. The minimum absolute atomic E-state index is 0.174. The SMILES string of the molecule is CCC(C(C)=O)(N1CCN(c2ccncc2)CC1)C(CC)(c1ccccc1)S(N)(=O)=O. The van der Waals surface area contributed by atoms with Crippen LogP contribution in [0.2, 0.25) is 0 Å². The number of aromatic nitrogens is 1. The smallest absolute Gasteiger partial charge is 0.221 e. The third-order valence-corrected chi connectivity index (χ3v) is 8.67. The van der Waals surface area contributed by atoms with Gasteiger partial charge in [0, 0.05) is 44.3 Å². The lowest BCUT2D eigenvalue weighted by Crippen LogP contribution is -2.72. The van der Waals surface area contributed by atoms with Crippen LogP contribution in [0.3, 0.4) is 0 Å². The molecule has 2 unspecified atom stereocenters. The number of piperazine rings is 1. The highest BCUT2D eigenvalue weighted by atomic mass is 32.2. The van der Waals surface area contributed by atoms with Crippen LogP contribution in [0.25, 0.3) is 0 Å². The van der Waals surface area contributed by atoms with Gasteiger partial charge in [-0.15, -0.1) is 0 Å². The molecular formula is C23H32N4O3S. The summed E-state index contributed by atoms with van der Waals surface area (Å²) in [5.74, 6) is -0.174. The number of Topliss-reactive ketones (excluding diaryl/α,β-unsaturated/α-hetero) is 1. The molecule has 7 nitrogen and oxygen atoms in total. The molecule has 0 aliphatic carbocycles. The molecule has 0 radical (unpaired) electrons. The van der Waals surface area contributed by atoms with Crippen molar-refractivity contribution in [2.75, 3.05) is 31.1 Å². The first-order chi connectivity index (χ1) is 14.7. The Kier molecular flexibility index (Phi) is 6.83. The molecule has 0 saturated carbocycles. The number of hydrogen-bond acceptors (Lipinski definition) is 6. The van der Waals surface area contributed by atoms with Crippen LogP contribution < -0.4 is 10.0 Å². The van der Waals surface area contributed by atoms with Gasteiger partial charge in [-0.25, -0.2) is 13.6 Å². The number of primary sulfonamides is 1. The van der Waals surface area contributed by atoms with E-state index in [0.29, 0.717) is 38.2 Å². The minimum Gasteiger partial charge on any atom is -0.369 e. The Hall–Kier alpha value is -2.29. The molecule has 0 bridgehead atoms. The molecule has 3 rings (SSSR count). The number of pyridine rings is 1. The molecule has 1 saturated heterocycles. The Morgan fingerprint density at radius 2 is 1.58 bits per heavy atom. The van der Waals surface area contributed by atoms with E-state index in [9.17, 15) is 13.2 Å². The summed E-state index contributed by atoms with van der Waals surface area (Å²) in [7, 11) is -4.14. The Morgan fingerprint density at radius 3 is 2.03 bits per heavy atom. The maximum Gasteiger partial charge on any atom is 0.221 e. The molecule has 2 atom stereocenters. The number of hydrogen-bond donors (Lipinski definition) is 1. The lowest BCUT2D eigenvalue weighted by molar-refractivity contribution is -0.133. The number of carbonyl (C=O) groups is 1. The highest BCUT2D eigenvalue weighted by molar-refractivity contribution is 7.90. The number of ketones is 1. The molecule has 1 fully saturated rings. The molecule has 1 aliphatic heterocycles. The predicted molar refractivity (Wildman–Crippen MR) is 123 cm³/mol. The van der Waals surface area contributed by atoms with Crippen LogP contribution >= 0.6 is 0 Å². The summed E-state index contributed by atoms with van der Waals surface area (Å²) in [5, 5.41) is 5.96. The fourth-order valence-electron chi connectivity index (χ4n) is 5.47. The monoisotopic (exact) mass is 444 g/mol. The van der Waals surface area contributed by atoms with Gasteiger partial charge in [-0.3, -0.25) is 14.7 Å². The van der Waals surface area contributed by atoms with Crippen LogP contribution in [0.4, 0.5) is 5.69 Å². The van der Waals surface area contributed by atoms with Gasteiger partial charge in [0.15, 0.2) is 5.78 Å². The van der Waals surface area contributed by atoms with Crippen molar-refractivity contribution in [2.45, 2.75) is 43.9 Å². The van der Waals surface area contributed by atoms with E-state index in [4.69, 9.17) is 5.14 Å². The maximum absolute atomic E-state index is 13.4. The Morgan fingerprint density at radius 1 is 1.00 bits per heavy atom. The van der Waals surface area contributed by atoms with Crippen molar-refractivity contribution in [1.29, 1.82) is 0 Å². The van der Waals surface area contributed by atoms with Crippen LogP contribution in [-0.2, 0) is 19.6 Å². The topological polar surface area (TPSA) is 96.6 Å². The van der Waals surface area contributed by atoms with Crippen LogP contribution in [0.15, 0.2) is 54.9 Å². The second-order valence-corrected chi connectivity index (χ2v) is 9.83. The zero-order valence-electron chi connectivity index (χ0n) is 18.5. The van der Waals surface area contributed by atoms with E-state index in [-0.39, 0.29) is 12.2 Å². The van der Waals surface area contributed by atoms with Crippen LogP contribution in [-0.4, -0.2) is 55.8 Å². The van der Waals surface area contributed by atoms with Crippen molar-refractivity contribution < 1.29 is 13.2 Å². The molecule has 2 N–H and O–H groups in total. The van der Waals surface area contributed by atoms with E-state index in [2.05, 4.69) is 9.88 Å². The summed E-state index contributed by atoms with van der Waals surface area (Å²) in [5.41, 5.74) is 0.366. The lowest BCUT2D eigenvalue weighted by Gasteiger charge is -2.55. The fraction of sp³-hybridized carbons (Fsp3) is 0.478. The number of nitrogens with zero attached hydrogens (tertiary/aromatic N) is 3. The maximum atomic E-state index is 13.4. The van der Waals surface area contributed by atoms with Crippen LogP contribution in [0, 0.1) is 0 Å². The first kappa shape index (κ1) is 23.4. The van der Waals surface area contributed by atoms with Crippen molar-refractivity contribution >= 4 is 21.5 Å². The van der Waals surface area contributed by atoms with Gasteiger partial charge in [0.1, 0.15) is 10.3 Å². The highest BCUT2D eigenvalue weighted by Gasteiger charge is 2.63. The molecule has 168 valence electrons. The van der Waals surface area contributed by atoms with E-state index in [0.717, 1.165) is 5.69 Å². The first-order valence-corrected chi connectivity index (χ1v) is 12.3. The van der Waals surface area contributed by atoms with Crippen molar-refractivity contribution in [3.63, 3.8) is 0 Å². The van der Waals surface area contributed by atoms with Crippen molar-refractivity contribution in [3.8, 4) is 0 Å². The Balaban J connectivity index is 2.10. The minimum atomic E-state index is -4.14. The summed E-state index contributed by atoms with van der Waals surface area (Å²) in [6.45, 7) is 7.65. The zero-order valence-corrected chi connectivity index (χ0v) is 19.3. The summed E-state index contributed by atoms with van der Waals surface area (Å²) in [6, 6.07) is 12.9. The standard InChI is InChI=1S/C23H32N4O3S/c1-4-22(19(3)28,23(5-2,31(24,29)30)20-9-7-6-8-10-20)27-17-15-26(16-18-27)21-11-13-25-14-12-21/h6-14H,4-5,15-18H2,1-3H3,(H2,24,29,30). The average Bonchev–Trinajstić information content (AvgIpc) is 2.78. The molecule has 8 heteroatoms. The predicted octanol–water partition coefficient (Wildman–Crippen LogP) is 2.54. The number of benzene rings is 1. The number of nitrogens with two attached hydrogens (primary N) is 1. The summed E-state index contributed by atoms with van der Waals surface area (Å²) in [4.78, 5) is 21.7. The van der Waals surface area contributed by atoms with E-state index in [1.54, 1.807) is 43.6 Å². The van der Waals surface area contributed by atoms with E-state index in [1.807, 2.05) is 30.0 Å². The van der Waals surface area contributed by atoms with E-state index < -0.39 is 20.3 Å². The van der Waals surface area contributed by atoms with Gasteiger partial charge in [-0.2, -0.15) is 0 Å². The van der Waals surface area contributed by atoms with E-state index in [1.165, 1.54) is 6.92 Å². The Bertz CT molecular complexity index is 992. The van der Waals surface area contributed by atoms with Gasteiger partial charge < -0.3 is 4.90 Å². The molecule has 1 aliphatic rings. The molecule has 31 heavy (non-hydrogen) atoms. The van der Waals surface area contributed by atoms with Gasteiger partial charge in [0.05, 0.1) is 0 Å². The molecule has 0 spiro atoms. The highest BCUT2D eigenvalue weighted by Crippen LogP contribution is 2.48. The van der Waals surface area contributed by atoms with Crippen molar-refractivity contribution in [3.05, 3.63) is 60.4 Å². The second-order valence-electron chi connectivity index (χ2n) is 8.04. The molecule has 2 heterocycles. The molecule has 1 aromatic heterocycles. The number of rotatable bonds is 8. The second kappa shape index (κ2) is 9.06. The molecule has 1 aromatic carbocycles. The average molecular weight is 445 g/mol. The summed E-state index contributed by atoms with van der Waals surface area (Å²) in [6.07, 6.45) is 4.06. The van der Waals surface area contributed by atoms with Crippen molar-refractivity contribution in [2.24, 2.45) is 5.14 Å². The van der Waals surface area contributed by atoms with Gasteiger partial charge in [0.25, 0.3) is 0 Å². The van der Waals surface area contributed by atoms with Gasteiger partial charge in [-0.05, 0) is 37.5 Å². The zero-order chi connectivity index (χ0) is 22.7.